The fraction of sp³-hybridized carbons (Fsp3) is 0.500. The van der Waals surface area contributed by atoms with E-state index in [1.807, 2.05) is 17.9 Å². The SMILES string of the molecule is CCC(Br)C(=O)N(Cc1cccc(F)c1)C1CC1. The van der Waals surface area contributed by atoms with Crippen LogP contribution in [0, 0.1) is 5.82 Å². The van der Waals surface area contributed by atoms with Gasteiger partial charge in [0.2, 0.25) is 5.91 Å². The number of nitrogens with zero attached hydrogens (tertiary/aromatic N) is 1. The van der Waals surface area contributed by atoms with Crippen molar-refractivity contribution in [2.75, 3.05) is 0 Å². The van der Waals surface area contributed by atoms with Crippen molar-refractivity contribution in [3.8, 4) is 0 Å². The maximum atomic E-state index is 13.1. The van der Waals surface area contributed by atoms with E-state index in [-0.39, 0.29) is 16.6 Å². The first-order valence-corrected chi connectivity index (χ1v) is 7.22. The zero-order valence-corrected chi connectivity index (χ0v) is 12.0. The lowest BCUT2D eigenvalue weighted by molar-refractivity contribution is -0.131. The first kappa shape index (κ1) is 13.5. The van der Waals surface area contributed by atoms with E-state index in [1.165, 1.54) is 12.1 Å². The van der Waals surface area contributed by atoms with Crippen LogP contribution in [0.2, 0.25) is 0 Å². The van der Waals surface area contributed by atoms with Crippen LogP contribution in [0.5, 0.6) is 0 Å². The average Bonchev–Trinajstić information content (AvgIpc) is 3.18. The van der Waals surface area contributed by atoms with Crippen molar-refractivity contribution in [2.24, 2.45) is 0 Å². The number of rotatable bonds is 5. The minimum Gasteiger partial charge on any atom is -0.334 e. The van der Waals surface area contributed by atoms with Gasteiger partial charge in [-0.2, -0.15) is 0 Å². The van der Waals surface area contributed by atoms with Gasteiger partial charge in [0.25, 0.3) is 0 Å². The first-order chi connectivity index (χ1) is 8.61. The van der Waals surface area contributed by atoms with Gasteiger partial charge in [-0.25, -0.2) is 4.39 Å². The standard InChI is InChI=1S/C14H17BrFNO/c1-2-13(15)14(18)17(12-6-7-12)9-10-4-3-5-11(16)8-10/h3-5,8,12-13H,2,6-7,9H2,1H3. The molecular weight excluding hydrogens is 297 g/mol. The third-order valence-electron chi connectivity index (χ3n) is 3.14. The summed E-state index contributed by atoms with van der Waals surface area (Å²) in [5.74, 6) is -0.133. The van der Waals surface area contributed by atoms with Crippen LogP contribution in [-0.4, -0.2) is 21.7 Å². The van der Waals surface area contributed by atoms with Gasteiger partial charge in [-0.05, 0) is 37.0 Å². The second kappa shape index (κ2) is 5.83. The normalized spacial score (nSPS) is 16.4. The maximum absolute atomic E-state index is 13.1. The lowest BCUT2D eigenvalue weighted by Gasteiger charge is -2.24. The zero-order chi connectivity index (χ0) is 13.1. The van der Waals surface area contributed by atoms with Crippen molar-refractivity contribution in [1.82, 2.24) is 4.90 Å². The Balaban J connectivity index is 2.09. The lowest BCUT2D eigenvalue weighted by atomic mass is 10.2. The van der Waals surface area contributed by atoms with E-state index in [9.17, 15) is 9.18 Å². The molecule has 0 N–H and O–H groups in total. The summed E-state index contributed by atoms with van der Waals surface area (Å²) in [7, 11) is 0. The Hall–Kier alpha value is -0.900. The summed E-state index contributed by atoms with van der Waals surface area (Å²) in [4.78, 5) is 14.0. The van der Waals surface area contributed by atoms with Crippen LogP contribution >= 0.6 is 15.9 Å². The molecular formula is C14H17BrFNO. The number of hydrogen-bond acceptors (Lipinski definition) is 1. The van der Waals surface area contributed by atoms with Crippen molar-refractivity contribution in [3.63, 3.8) is 0 Å². The van der Waals surface area contributed by atoms with Crippen molar-refractivity contribution < 1.29 is 9.18 Å². The molecule has 1 aliphatic rings. The largest absolute Gasteiger partial charge is 0.334 e. The predicted molar refractivity (Wildman–Crippen MR) is 73.0 cm³/mol. The molecule has 2 rings (SSSR count). The number of hydrogen-bond donors (Lipinski definition) is 0. The summed E-state index contributed by atoms with van der Waals surface area (Å²) in [6.07, 6.45) is 2.89. The van der Waals surface area contributed by atoms with Gasteiger partial charge in [0.05, 0.1) is 4.83 Å². The fourth-order valence-corrected chi connectivity index (χ4v) is 2.22. The van der Waals surface area contributed by atoms with Gasteiger partial charge in [0, 0.05) is 12.6 Å². The molecule has 1 amide bonds. The number of carbonyl (C=O) groups excluding carboxylic acids is 1. The van der Waals surface area contributed by atoms with Gasteiger partial charge < -0.3 is 4.90 Å². The summed E-state index contributed by atoms with van der Waals surface area (Å²) in [6, 6.07) is 6.81. The maximum Gasteiger partial charge on any atom is 0.236 e. The third kappa shape index (κ3) is 3.31. The summed E-state index contributed by atoms with van der Waals surface area (Å²) in [5, 5.41) is 0. The van der Waals surface area contributed by atoms with Crippen LogP contribution in [0.3, 0.4) is 0 Å². The topological polar surface area (TPSA) is 20.3 Å². The van der Waals surface area contributed by atoms with E-state index in [4.69, 9.17) is 0 Å². The molecule has 0 aromatic heterocycles. The zero-order valence-electron chi connectivity index (χ0n) is 10.4. The molecule has 1 aromatic rings. The van der Waals surface area contributed by atoms with E-state index in [0.29, 0.717) is 12.6 Å². The highest BCUT2D eigenvalue weighted by molar-refractivity contribution is 9.10. The highest BCUT2D eigenvalue weighted by Gasteiger charge is 2.34. The monoisotopic (exact) mass is 313 g/mol. The van der Waals surface area contributed by atoms with Crippen molar-refractivity contribution in [3.05, 3.63) is 35.6 Å². The molecule has 0 aliphatic heterocycles. The fourth-order valence-electron chi connectivity index (χ4n) is 1.96. The third-order valence-corrected chi connectivity index (χ3v) is 4.18. The smallest absolute Gasteiger partial charge is 0.236 e. The van der Waals surface area contributed by atoms with E-state index in [0.717, 1.165) is 24.8 Å². The number of alkyl halides is 1. The van der Waals surface area contributed by atoms with E-state index >= 15 is 0 Å². The molecule has 0 bridgehead atoms. The second-order valence-corrected chi connectivity index (χ2v) is 5.81. The van der Waals surface area contributed by atoms with Gasteiger partial charge in [0.15, 0.2) is 0 Å². The van der Waals surface area contributed by atoms with Crippen LogP contribution in [0.4, 0.5) is 4.39 Å². The number of halogens is 2. The molecule has 18 heavy (non-hydrogen) atoms. The van der Waals surface area contributed by atoms with E-state index in [2.05, 4.69) is 15.9 Å². The van der Waals surface area contributed by atoms with Crippen LogP contribution in [0.15, 0.2) is 24.3 Å². The summed E-state index contributed by atoms with van der Waals surface area (Å²) >= 11 is 3.40. The van der Waals surface area contributed by atoms with Gasteiger partial charge in [-0.15, -0.1) is 0 Å². The van der Waals surface area contributed by atoms with Crippen molar-refractivity contribution in [1.29, 1.82) is 0 Å². The molecule has 1 unspecified atom stereocenters. The molecule has 98 valence electrons. The molecule has 1 aliphatic carbocycles. The summed E-state index contributed by atoms with van der Waals surface area (Å²) in [6.45, 7) is 2.48. The Labute approximate surface area is 115 Å². The average molecular weight is 314 g/mol. The van der Waals surface area contributed by atoms with Gasteiger partial charge in [0.1, 0.15) is 5.82 Å². The Morgan fingerprint density at radius 1 is 1.56 bits per heavy atom. The molecule has 0 saturated heterocycles. The van der Waals surface area contributed by atoms with E-state index in [1.54, 1.807) is 6.07 Å². The van der Waals surface area contributed by atoms with Crippen LogP contribution < -0.4 is 0 Å². The van der Waals surface area contributed by atoms with Crippen LogP contribution in [0.25, 0.3) is 0 Å². The number of carbonyl (C=O) groups is 1. The molecule has 1 aromatic carbocycles. The molecule has 1 saturated carbocycles. The summed E-state index contributed by atoms with van der Waals surface area (Å²) < 4.78 is 13.1. The Morgan fingerprint density at radius 2 is 2.28 bits per heavy atom. The molecule has 1 fully saturated rings. The van der Waals surface area contributed by atoms with Gasteiger partial charge >= 0.3 is 0 Å². The Bertz CT molecular complexity index is 434. The van der Waals surface area contributed by atoms with E-state index < -0.39 is 0 Å². The van der Waals surface area contributed by atoms with Crippen LogP contribution in [0.1, 0.15) is 31.7 Å². The lowest BCUT2D eigenvalue weighted by Crippen LogP contribution is -2.37. The Morgan fingerprint density at radius 3 is 2.83 bits per heavy atom. The molecule has 0 heterocycles. The molecule has 1 atom stereocenters. The molecule has 2 nitrogen and oxygen atoms in total. The highest BCUT2D eigenvalue weighted by Crippen LogP contribution is 2.30. The van der Waals surface area contributed by atoms with Gasteiger partial charge in [-0.3, -0.25) is 4.79 Å². The number of amides is 1. The molecule has 0 spiro atoms. The van der Waals surface area contributed by atoms with Gasteiger partial charge in [-0.1, -0.05) is 35.0 Å². The van der Waals surface area contributed by atoms with Crippen molar-refractivity contribution in [2.45, 2.75) is 43.6 Å². The minimum absolute atomic E-state index is 0.115. The highest BCUT2D eigenvalue weighted by atomic mass is 79.9. The second-order valence-electron chi connectivity index (χ2n) is 4.70. The molecule has 0 radical (unpaired) electrons. The Kier molecular flexibility index (Phi) is 4.38. The van der Waals surface area contributed by atoms with Crippen molar-refractivity contribution >= 4 is 21.8 Å². The summed E-state index contributed by atoms with van der Waals surface area (Å²) in [5.41, 5.74) is 0.853. The van der Waals surface area contributed by atoms with Crippen LogP contribution in [-0.2, 0) is 11.3 Å². The number of benzene rings is 1. The minimum atomic E-state index is -0.249. The molecule has 4 heteroatoms. The quantitative estimate of drug-likeness (QED) is 0.762. The first-order valence-electron chi connectivity index (χ1n) is 6.30. The predicted octanol–water partition coefficient (Wildman–Crippen LogP) is 3.49.